The van der Waals surface area contributed by atoms with E-state index in [0.717, 1.165) is 49.3 Å². The molecule has 1 aromatic heterocycles. The zero-order valence-corrected chi connectivity index (χ0v) is 22.8. The first-order chi connectivity index (χ1) is 18.3. The molecular weight excluding hydrogens is 482 g/mol. The fourth-order valence-electron chi connectivity index (χ4n) is 11.1. The Kier molecular flexibility index (Phi) is 6.12. The lowest BCUT2D eigenvalue weighted by Gasteiger charge is -2.62. The summed E-state index contributed by atoms with van der Waals surface area (Å²) >= 11 is 0. The Morgan fingerprint density at radius 1 is 0.974 bits per heavy atom. The maximum absolute atomic E-state index is 13.8. The highest BCUT2D eigenvalue weighted by atomic mass is 19.2. The van der Waals surface area contributed by atoms with Gasteiger partial charge >= 0.3 is 0 Å². The van der Waals surface area contributed by atoms with Crippen molar-refractivity contribution >= 4 is 10.9 Å². The normalized spacial score (nSPS) is 43.9. The van der Waals surface area contributed by atoms with Crippen LogP contribution in [0.3, 0.4) is 0 Å². The summed E-state index contributed by atoms with van der Waals surface area (Å²) in [4.78, 5) is 9.08. The molecule has 1 heterocycles. The molecule has 10 atom stereocenters. The van der Waals surface area contributed by atoms with E-state index in [-0.39, 0.29) is 6.10 Å². The van der Waals surface area contributed by atoms with E-state index < -0.39 is 11.6 Å². The minimum absolute atomic E-state index is 0.101. The second-order valence-electron chi connectivity index (χ2n) is 13.8. The van der Waals surface area contributed by atoms with Crippen LogP contribution < -0.4 is 0 Å². The Labute approximate surface area is 225 Å². The second-order valence-corrected chi connectivity index (χ2v) is 13.8. The molecule has 0 aliphatic heterocycles. The number of halogens is 2. The van der Waals surface area contributed by atoms with Crippen molar-refractivity contribution in [3.8, 4) is 0 Å². The van der Waals surface area contributed by atoms with Gasteiger partial charge in [0.1, 0.15) is 5.82 Å². The van der Waals surface area contributed by atoms with Gasteiger partial charge in [0, 0.05) is 36.6 Å². The molecular formula is C32H42F2N2O2. The molecule has 7 rings (SSSR count). The Balaban J connectivity index is 1.11. The maximum Gasteiger partial charge on any atom is 0.161 e. The first-order valence-corrected chi connectivity index (χ1v) is 15.1. The lowest BCUT2D eigenvalue weighted by atomic mass is 9.44. The van der Waals surface area contributed by atoms with Crippen LogP contribution in [0.15, 0.2) is 18.3 Å². The highest BCUT2D eigenvalue weighted by molar-refractivity contribution is 5.77. The van der Waals surface area contributed by atoms with Gasteiger partial charge in [0.2, 0.25) is 0 Å². The minimum atomic E-state index is -0.856. The second kappa shape index (κ2) is 9.19. The molecule has 5 saturated carbocycles. The summed E-state index contributed by atoms with van der Waals surface area (Å²) in [6, 6.07) is 2.37. The number of methoxy groups -OCH3 is 1. The van der Waals surface area contributed by atoms with Crippen LogP contribution in [0.5, 0.6) is 0 Å². The fraction of sp³-hybridized carbons (Fsp3) is 0.750. The topological polar surface area (TPSA) is 55.2 Å². The van der Waals surface area contributed by atoms with Crippen LogP contribution in [0.25, 0.3) is 10.9 Å². The standard InChI is InChI=1S/C32H42F2N2O2/c1-31-11-10-21(37)14-20(31)4-5-22-24-7-6-23-18(9-12-32(23,24)29(38-2)15-25(22)31)3-8-30-35-17-19-13-26(33)27(34)16-28(19)36-30/h13,16-18,20-25,29,37H,3-12,14-15H2,1-2H3/t18-,20+,21+,22-,23+,24-,25?,29-,31-,32+/m0/s1. The number of rotatable bonds is 4. The number of hydrogen-bond acceptors (Lipinski definition) is 4. The molecule has 1 spiro atoms. The van der Waals surface area contributed by atoms with Crippen LogP contribution in [-0.4, -0.2) is 34.4 Å². The van der Waals surface area contributed by atoms with Crippen LogP contribution in [0, 0.1) is 58.0 Å². The number of benzene rings is 1. The largest absolute Gasteiger partial charge is 0.393 e. The van der Waals surface area contributed by atoms with Gasteiger partial charge in [0.25, 0.3) is 0 Å². The van der Waals surface area contributed by atoms with E-state index in [2.05, 4.69) is 16.9 Å². The molecule has 0 amide bonds. The molecule has 5 fully saturated rings. The molecule has 0 radical (unpaired) electrons. The Morgan fingerprint density at radius 2 is 1.79 bits per heavy atom. The van der Waals surface area contributed by atoms with E-state index in [1.54, 1.807) is 6.20 Å². The summed E-state index contributed by atoms with van der Waals surface area (Å²) in [6.07, 6.45) is 15.8. The number of aryl methyl sites for hydroxylation is 1. The van der Waals surface area contributed by atoms with Gasteiger partial charge < -0.3 is 9.84 Å². The maximum atomic E-state index is 13.8. The van der Waals surface area contributed by atoms with Crippen molar-refractivity contribution < 1.29 is 18.6 Å². The summed E-state index contributed by atoms with van der Waals surface area (Å²) in [7, 11) is 1.96. The molecule has 2 aromatic rings. The van der Waals surface area contributed by atoms with Crippen LogP contribution in [0.1, 0.15) is 83.4 Å². The molecule has 38 heavy (non-hydrogen) atoms. The van der Waals surface area contributed by atoms with Gasteiger partial charge in [-0.1, -0.05) is 6.92 Å². The highest BCUT2D eigenvalue weighted by Gasteiger charge is 2.67. The summed E-state index contributed by atoms with van der Waals surface area (Å²) < 4.78 is 33.8. The first kappa shape index (κ1) is 25.3. The van der Waals surface area contributed by atoms with Gasteiger partial charge in [-0.15, -0.1) is 0 Å². The van der Waals surface area contributed by atoms with E-state index in [4.69, 9.17) is 4.74 Å². The van der Waals surface area contributed by atoms with Crippen molar-refractivity contribution in [3.05, 3.63) is 35.8 Å². The van der Waals surface area contributed by atoms with Crippen LogP contribution in [-0.2, 0) is 11.2 Å². The van der Waals surface area contributed by atoms with Crippen molar-refractivity contribution in [2.45, 2.75) is 96.2 Å². The number of hydrogen-bond donors (Lipinski definition) is 1. The van der Waals surface area contributed by atoms with Crippen molar-refractivity contribution in [2.24, 2.45) is 46.3 Å². The summed E-state index contributed by atoms with van der Waals surface area (Å²) in [6.45, 7) is 2.55. The molecule has 5 aliphatic carbocycles. The van der Waals surface area contributed by atoms with E-state index >= 15 is 0 Å². The van der Waals surface area contributed by atoms with Crippen molar-refractivity contribution in [1.29, 1.82) is 0 Å². The number of ether oxygens (including phenoxy) is 1. The van der Waals surface area contributed by atoms with Crippen molar-refractivity contribution in [1.82, 2.24) is 9.97 Å². The van der Waals surface area contributed by atoms with Gasteiger partial charge in [-0.25, -0.2) is 18.7 Å². The van der Waals surface area contributed by atoms with Gasteiger partial charge in [-0.05, 0) is 118 Å². The number of nitrogens with zero attached hydrogens (tertiary/aromatic N) is 2. The molecule has 1 N–H and O–H groups in total. The molecule has 4 nitrogen and oxygen atoms in total. The summed E-state index contributed by atoms with van der Waals surface area (Å²) in [5, 5.41) is 10.9. The third-order valence-electron chi connectivity index (χ3n) is 12.7. The minimum Gasteiger partial charge on any atom is -0.393 e. The first-order valence-electron chi connectivity index (χ1n) is 15.1. The smallest absolute Gasteiger partial charge is 0.161 e. The summed E-state index contributed by atoms with van der Waals surface area (Å²) in [5.41, 5.74) is 1.14. The van der Waals surface area contributed by atoms with E-state index in [1.165, 1.54) is 63.5 Å². The number of aromatic nitrogens is 2. The molecule has 6 heteroatoms. The number of aliphatic hydroxyl groups is 1. The highest BCUT2D eigenvalue weighted by Crippen LogP contribution is 2.72. The average molecular weight is 525 g/mol. The third kappa shape index (κ3) is 3.64. The van der Waals surface area contributed by atoms with Crippen LogP contribution in [0.4, 0.5) is 8.78 Å². The Morgan fingerprint density at radius 3 is 2.63 bits per heavy atom. The Hall–Kier alpha value is -1.66. The van der Waals surface area contributed by atoms with Crippen LogP contribution in [0.2, 0.25) is 0 Å². The van der Waals surface area contributed by atoms with E-state index in [0.29, 0.717) is 45.6 Å². The molecule has 5 aliphatic rings. The summed E-state index contributed by atoms with van der Waals surface area (Å²) in [5.74, 6) is 3.33. The van der Waals surface area contributed by atoms with Gasteiger partial charge in [-0.2, -0.15) is 0 Å². The lowest BCUT2D eigenvalue weighted by Crippen LogP contribution is -2.59. The predicted molar refractivity (Wildman–Crippen MR) is 142 cm³/mol. The molecule has 0 saturated heterocycles. The SMILES string of the molecule is CO[C@H]1CC2[C@@H](CC[C@@H]3C[C@H](O)CC[C@]23C)[C@@H]2CC[C@@H]3[C@@H](CCc4ncc5cc(F)c(F)cc5n4)CC[C@@]132. The van der Waals surface area contributed by atoms with Gasteiger partial charge in [0.05, 0.1) is 17.7 Å². The van der Waals surface area contributed by atoms with E-state index in [1.807, 2.05) is 7.11 Å². The molecule has 1 aromatic carbocycles. The monoisotopic (exact) mass is 524 g/mol. The number of fused-ring (bicyclic) bond motifs is 5. The van der Waals surface area contributed by atoms with Gasteiger partial charge in [0.15, 0.2) is 11.6 Å². The predicted octanol–water partition coefficient (Wildman–Crippen LogP) is 6.88. The van der Waals surface area contributed by atoms with E-state index in [9.17, 15) is 13.9 Å². The Bertz CT molecular complexity index is 1220. The molecule has 206 valence electrons. The quantitative estimate of drug-likeness (QED) is 0.474. The molecule has 0 bridgehead atoms. The average Bonchev–Trinajstić information content (AvgIpc) is 3.46. The lowest BCUT2D eigenvalue weighted by molar-refractivity contribution is -0.181. The van der Waals surface area contributed by atoms with Crippen molar-refractivity contribution in [3.63, 3.8) is 0 Å². The molecule has 1 unspecified atom stereocenters. The third-order valence-corrected chi connectivity index (χ3v) is 12.7. The van der Waals surface area contributed by atoms with Gasteiger partial charge in [-0.3, -0.25) is 0 Å². The number of aliphatic hydroxyl groups excluding tert-OH is 1. The van der Waals surface area contributed by atoms with Crippen molar-refractivity contribution in [2.75, 3.05) is 7.11 Å². The fourth-order valence-corrected chi connectivity index (χ4v) is 11.1. The van der Waals surface area contributed by atoms with Crippen LogP contribution >= 0.6 is 0 Å². The zero-order chi connectivity index (χ0) is 26.2. The zero-order valence-electron chi connectivity index (χ0n) is 22.8.